The number of hydrogen-bond acceptors (Lipinski definition) is 2. The van der Waals surface area contributed by atoms with Crippen molar-refractivity contribution >= 4 is 55.5 Å². The zero-order chi connectivity index (χ0) is 8.72. The number of rotatable bonds is 0. The van der Waals surface area contributed by atoms with Crippen LogP contribution in [-0.4, -0.2) is 9.97 Å². The Hall–Kier alpha value is -0.300. The number of H-pyrrole nitrogens is 1. The summed E-state index contributed by atoms with van der Waals surface area (Å²) in [6.07, 6.45) is 0. The molecule has 1 aromatic heterocycles. The number of nitrogens with two attached hydrogens (primary N) is 1. The lowest BCUT2D eigenvalue weighted by Crippen LogP contribution is -1.84. The Kier molecular flexibility index (Phi) is 1.99. The van der Waals surface area contributed by atoms with Crippen molar-refractivity contribution in [1.29, 1.82) is 0 Å². The molecule has 1 heterocycles. The van der Waals surface area contributed by atoms with E-state index in [9.17, 15) is 0 Å². The molecule has 0 radical (unpaired) electrons. The minimum Gasteiger partial charge on any atom is -0.369 e. The van der Waals surface area contributed by atoms with Crippen LogP contribution in [0.1, 0.15) is 0 Å². The van der Waals surface area contributed by atoms with Gasteiger partial charge >= 0.3 is 0 Å². The number of hydrogen-bond donors (Lipinski definition) is 2. The second kappa shape index (κ2) is 2.88. The summed E-state index contributed by atoms with van der Waals surface area (Å²) in [5.74, 6) is 0.454. The summed E-state index contributed by atoms with van der Waals surface area (Å²) in [5, 5.41) is 0. The van der Waals surface area contributed by atoms with Gasteiger partial charge in [0.2, 0.25) is 0 Å². The van der Waals surface area contributed by atoms with Gasteiger partial charge in [-0.15, -0.1) is 0 Å². The Morgan fingerprint density at radius 1 is 1.50 bits per heavy atom. The number of nitrogens with zero attached hydrogens (tertiary/aromatic N) is 1. The first-order valence-electron chi connectivity index (χ1n) is 3.27. The van der Waals surface area contributed by atoms with E-state index in [0.29, 0.717) is 5.95 Å². The monoisotopic (exact) mass is 337 g/mol. The first-order valence-corrected chi connectivity index (χ1v) is 5.15. The van der Waals surface area contributed by atoms with Gasteiger partial charge in [-0.2, -0.15) is 0 Å². The molecule has 1 aromatic carbocycles. The van der Waals surface area contributed by atoms with Crippen molar-refractivity contribution in [3.8, 4) is 0 Å². The molecule has 0 atom stereocenters. The predicted molar refractivity (Wildman–Crippen MR) is 60.9 cm³/mol. The number of nitrogen functional groups attached to an aromatic ring is 1. The second-order valence-electron chi connectivity index (χ2n) is 2.37. The summed E-state index contributed by atoms with van der Waals surface area (Å²) in [4.78, 5) is 7.14. The van der Waals surface area contributed by atoms with Crippen LogP contribution in [0.15, 0.2) is 16.6 Å². The van der Waals surface area contributed by atoms with Crippen LogP contribution in [0.5, 0.6) is 0 Å². The predicted octanol–water partition coefficient (Wildman–Crippen LogP) is 2.51. The van der Waals surface area contributed by atoms with Gasteiger partial charge in [-0.3, -0.25) is 0 Å². The average Bonchev–Trinajstić information content (AvgIpc) is 2.41. The number of nitrogens with one attached hydrogen (secondary N) is 1. The number of aromatic nitrogens is 2. The standard InChI is InChI=1S/C7H5BrIN3/c8-3-1-2-4(9)6-5(3)11-7(10)12-6/h1-2H,(H3,10,11,12). The zero-order valence-corrected chi connectivity index (χ0v) is 9.68. The van der Waals surface area contributed by atoms with Crippen LogP contribution in [0.3, 0.4) is 0 Å². The summed E-state index contributed by atoms with van der Waals surface area (Å²) in [6.45, 7) is 0. The largest absolute Gasteiger partial charge is 0.369 e. The van der Waals surface area contributed by atoms with Crippen LogP contribution >= 0.6 is 38.5 Å². The maximum Gasteiger partial charge on any atom is 0.198 e. The maximum atomic E-state index is 5.54. The van der Waals surface area contributed by atoms with Crippen molar-refractivity contribution in [1.82, 2.24) is 9.97 Å². The third-order valence-corrected chi connectivity index (χ3v) is 3.10. The van der Waals surface area contributed by atoms with Crippen LogP contribution in [0.4, 0.5) is 5.95 Å². The molecule has 0 unspecified atom stereocenters. The lowest BCUT2D eigenvalue weighted by molar-refractivity contribution is 1.35. The highest BCUT2D eigenvalue weighted by molar-refractivity contribution is 14.1. The molecule has 0 bridgehead atoms. The Morgan fingerprint density at radius 3 is 2.92 bits per heavy atom. The van der Waals surface area contributed by atoms with Crippen molar-refractivity contribution in [3.05, 3.63) is 20.2 Å². The van der Waals surface area contributed by atoms with E-state index in [2.05, 4.69) is 48.5 Å². The Bertz CT molecular complexity index is 398. The van der Waals surface area contributed by atoms with E-state index in [-0.39, 0.29) is 0 Å². The van der Waals surface area contributed by atoms with E-state index >= 15 is 0 Å². The summed E-state index contributed by atoms with van der Waals surface area (Å²) >= 11 is 5.64. The van der Waals surface area contributed by atoms with Gasteiger partial charge in [0, 0.05) is 8.04 Å². The quantitative estimate of drug-likeness (QED) is 0.726. The lowest BCUT2D eigenvalue weighted by atomic mass is 10.3. The normalized spacial score (nSPS) is 10.8. The zero-order valence-electron chi connectivity index (χ0n) is 5.94. The average molecular weight is 338 g/mol. The number of anilines is 1. The van der Waals surface area contributed by atoms with Gasteiger partial charge in [0.1, 0.15) is 5.52 Å². The molecule has 3 N–H and O–H groups in total. The molecule has 0 saturated carbocycles. The van der Waals surface area contributed by atoms with Crippen molar-refractivity contribution < 1.29 is 0 Å². The Labute approximate surface area is 91.0 Å². The third kappa shape index (κ3) is 1.20. The van der Waals surface area contributed by atoms with Crippen LogP contribution < -0.4 is 5.73 Å². The number of aromatic amines is 1. The van der Waals surface area contributed by atoms with Crippen LogP contribution in [0, 0.1) is 3.57 Å². The van der Waals surface area contributed by atoms with Gasteiger partial charge in [-0.25, -0.2) is 4.98 Å². The highest BCUT2D eigenvalue weighted by atomic mass is 127. The smallest absolute Gasteiger partial charge is 0.198 e. The number of halogens is 2. The van der Waals surface area contributed by atoms with Crippen molar-refractivity contribution in [2.75, 3.05) is 5.73 Å². The fraction of sp³-hybridized carbons (Fsp3) is 0. The van der Waals surface area contributed by atoms with Crippen LogP contribution in [-0.2, 0) is 0 Å². The molecule has 2 aromatic rings. The number of fused-ring (bicyclic) bond motifs is 1. The van der Waals surface area contributed by atoms with Gasteiger partial charge in [-0.05, 0) is 50.7 Å². The lowest BCUT2D eigenvalue weighted by Gasteiger charge is -1.93. The summed E-state index contributed by atoms with van der Waals surface area (Å²) < 4.78 is 2.08. The molecule has 3 nitrogen and oxygen atoms in total. The van der Waals surface area contributed by atoms with Gasteiger partial charge < -0.3 is 10.7 Å². The number of imidazole rings is 1. The maximum absolute atomic E-state index is 5.54. The van der Waals surface area contributed by atoms with Crippen LogP contribution in [0.2, 0.25) is 0 Å². The number of benzene rings is 1. The Morgan fingerprint density at radius 2 is 2.25 bits per heavy atom. The molecule has 5 heteroatoms. The van der Waals surface area contributed by atoms with E-state index < -0.39 is 0 Å². The topological polar surface area (TPSA) is 54.7 Å². The summed E-state index contributed by atoms with van der Waals surface area (Å²) in [6, 6.07) is 3.97. The molecule has 0 aliphatic heterocycles. The molecule has 0 fully saturated rings. The first-order chi connectivity index (χ1) is 5.68. The first kappa shape index (κ1) is 8.31. The fourth-order valence-corrected chi connectivity index (χ4v) is 2.03. The summed E-state index contributed by atoms with van der Waals surface area (Å²) in [5.41, 5.74) is 7.41. The van der Waals surface area contributed by atoms with Crippen LogP contribution in [0.25, 0.3) is 11.0 Å². The van der Waals surface area contributed by atoms with E-state index in [1.807, 2.05) is 12.1 Å². The summed E-state index contributed by atoms with van der Waals surface area (Å²) in [7, 11) is 0. The van der Waals surface area contributed by atoms with Crippen molar-refractivity contribution in [3.63, 3.8) is 0 Å². The highest BCUT2D eigenvalue weighted by Crippen LogP contribution is 2.26. The molecular formula is C7H5BrIN3. The molecule has 62 valence electrons. The Balaban J connectivity index is 2.93. The minimum absolute atomic E-state index is 0.454. The molecule has 12 heavy (non-hydrogen) atoms. The highest BCUT2D eigenvalue weighted by Gasteiger charge is 2.06. The van der Waals surface area contributed by atoms with E-state index in [4.69, 9.17) is 5.73 Å². The van der Waals surface area contributed by atoms with Gasteiger partial charge in [-0.1, -0.05) is 0 Å². The molecule has 0 saturated heterocycles. The van der Waals surface area contributed by atoms with E-state index in [0.717, 1.165) is 19.1 Å². The molecule has 0 spiro atoms. The second-order valence-corrected chi connectivity index (χ2v) is 4.39. The van der Waals surface area contributed by atoms with E-state index in [1.54, 1.807) is 0 Å². The van der Waals surface area contributed by atoms with Crippen molar-refractivity contribution in [2.45, 2.75) is 0 Å². The molecule has 0 amide bonds. The fourth-order valence-electron chi connectivity index (χ4n) is 1.05. The van der Waals surface area contributed by atoms with Gasteiger partial charge in [0.25, 0.3) is 0 Å². The molecule has 2 rings (SSSR count). The van der Waals surface area contributed by atoms with Gasteiger partial charge in [0.05, 0.1) is 5.52 Å². The molecular weight excluding hydrogens is 333 g/mol. The SMILES string of the molecule is Nc1nc2c(Br)ccc(I)c2[nH]1. The molecule has 0 aliphatic rings. The van der Waals surface area contributed by atoms with Gasteiger partial charge in [0.15, 0.2) is 5.95 Å². The third-order valence-electron chi connectivity index (χ3n) is 1.56. The van der Waals surface area contributed by atoms with Crippen molar-refractivity contribution in [2.24, 2.45) is 0 Å². The van der Waals surface area contributed by atoms with E-state index in [1.165, 1.54) is 0 Å². The minimum atomic E-state index is 0.454. The molecule has 0 aliphatic carbocycles.